The summed E-state index contributed by atoms with van der Waals surface area (Å²) in [6, 6.07) is 0. The van der Waals surface area contributed by atoms with Crippen molar-refractivity contribution >= 4 is 10.8 Å². The van der Waals surface area contributed by atoms with Crippen LogP contribution in [0.1, 0.15) is 26.7 Å². The minimum absolute atomic E-state index is 0.0909. The maximum atomic E-state index is 12.4. The van der Waals surface area contributed by atoms with Crippen LogP contribution < -0.4 is 5.73 Å². The molecule has 0 rings (SSSR count). The molecule has 0 amide bonds. The van der Waals surface area contributed by atoms with Crippen molar-refractivity contribution in [3.8, 4) is 0 Å². The van der Waals surface area contributed by atoms with Gasteiger partial charge in [-0.1, -0.05) is 13.8 Å². The lowest BCUT2D eigenvalue weighted by atomic mass is 10.3. The van der Waals surface area contributed by atoms with Crippen LogP contribution in [0.15, 0.2) is 0 Å². The van der Waals surface area contributed by atoms with Gasteiger partial charge in [0.1, 0.15) is 5.25 Å². The number of hydrogen-bond acceptors (Lipinski definition) is 2. The third-order valence-electron chi connectivity index (χ3n) is 2.05. The normalized spacial score (nSPS) is 19.0. The topological polar surface area (TPSA) is 43.1 Å². The standard InChI is InChI=1S/C8H16F3NOS/c1-3-6(2)14(13)7(4-5-12)8(9,10)11/h6-7H,3-5,12H2,1-2H3. The molecule has 0 aliphatic carbocycles. The van der Waals surface area contributed by atoms with Crippen LogP contribution >= 0.6 is 0 Å². The molecule has 2 N–H and O–H groups in total. The molecule has 0 aliphatic heterocycles. The Kier molecular flexibility index (Phi) is 5.66. The van der Waals surface area contributed by atoms with E-state index in [1.54, 1.807) is 13.8 Å². The Labute approximate surface area is 84.5 Å². The highest BCUT2D eigenvalue weighted by molar-refractivity contribution is 7.86. The van der Waals surface area contributed by atoms with Crippen LogP contribution in [0, 0.1) is 0 Å². The summed E-state index contributed by atoms with van der Waals surface area (Å²) in [5.74, 6) is 0. The molecule has 0 saturated heterocycles. The molecule has 86 valence electrons. The second-order valence-corrected chi connectivity index (χ2v) is 5.19. The summed E-state index contributed by atoms with van der Waals surface area (Å²) in [5, 5.41) is -2.21. The van der Waals surface area contributed by atoms with E-state index in [9.17, 15) is 17.4 Å². The average Bonchev–Trinajstić information content (AvgIpc) is 2.09. The summed E-state index contributed by atoms with van der Waals surface area (Å²) in [5.41, 5.74) is 5.07. The van der Waals surface area contributed by atoms with Crippen LogP contribution in [0.4, 0.5) is 13.2 Å². The smallest absolute Gasteiger partial charge is 0.330 e. The van der Waals surface area contributed by atoms with Crippen molar-refractivity contribution in [3.05, 3.63) is 0 Å². The van der Waals surface area contributed by atoms with E-state index in [4.69, 9.17) is 5.73 Å². The van der Waals surface area contributed by atoms with Crippen molar-refractivity contribution in [2.45, 2.75) is 43.4 Å². The van der Waals surface area contributed by atoms with E-state index in [1.165, 1.54) is 0 Å². The molecule has 0 aromatic rings. The third-order valence-corrected chi connectivity index (χ3v) is 4.24. The van der Waals surface area contributed by atoms with E-state index in [2.05, 4.69) is 0 Å². The summed E-state index contributed by atoms with van der Waals surface area (Å²) < 4.78 is 48.7. The molecule has 0 aromatic carbocycles. The van der Waals surface area contributed by atoms with Gasteiger partial charge in [0, 0.05) is 16.0 Å². The zero-order valence-electron chi connectivity index (χ0n) is 8.30. The summed E-state index contributed by atoms with van der Waals surface area (Å²) in [7, 11) is -1.88. The molecule has 0 saturated carbocycles. The van der Waals surface area contributed by atoms with Crippen molar-refractivity contribution in [1.29, 1.82) is 0 Å². The minimum atomic E-state index is -4.41. The molecule has 0 aliphatic rings. The molecule has 0 spiro atoms. The van der Waals surface area contributed by atoms with Gasteiger partial charge in [-0.2, -0.15) is 13.2 Å². The molecule has 3 atom stereocenters. The Hall–Kier alpha value is -0.100. The highest BCUT2D eigenvalue weighted by Crippen LogP contribution is 2.28. The Morgan fingerprint density at radius 2 is 1.93 bits per heavy atom. The summed E-state index contributed by atoms with van der Waals surface area (Å²) in [6.07, 6.45) is -4.20. The van der Waals surface area contributed by atoms with Gasteiger partial charge in [0.15, 0.2) is 0 Å². The maximum Gasteiger partial charge on any atom is 0.403 e. The number of halogens is 3. The first kappa shape index (κ1) is 13.9. The lowest BCUT2D eigenvalue weighted by Crippen LogP contribution is -2.38. The molecule has 0 fully saturated rings. The SMILES string of the molecule is CCC(C)S(=O)C(CCN)C(F)(F)F. The fraction of sp³-hybridized carbons (Fsp3) is 1.00. The molecular weight excluding hydrogens is 215 g/mol. The van der Waals surface area contributed by atoms with Crippen LogP contribution in [-0.4, -0.2) is 27.4 Å². The maximum absolute atomic E-state index is 12.4. The van der Waals surface area contributed by atoms with E-state index < -0.39 is 27.5 Å². The van der Waals surface area contributed by atoms with Crippen LogP contribution in [0.2, 0.25) is 0 Å². The first-order chi connectivity index (χ1) is 6.34. The molecule has 0 heterocycles. The average molecular weight is 231 g/mol. The molecular formula is C8H16F3NOS. The number of rotatable bonds is 5. The molecule has 3 unspecified atom stereocenters. The Balaban J connectivity index is 4.57. The Morgan fingerprint density at radius 1 is 1.43 bits per heavy atom. The zero-order valence-corrected chi connectivity index (χ0v) is 9.12. The molecule has 0 aromatic heterocycles. The zero-order chi connectivity index (χ0) is 11.4. The molecule has 2 nitrogen and oxygen atoms in total. The summed E-state index contributed by atoms with van der Waals surface area (Å²) >= 11 is 0. The van der Waals surface area contributed by atoms with Gasteiger partial charge in [-0.05, 0) is 19.4 Å². The number of nitrogens with two attached hydrogens (primary N) is 1. The first-order valence-electron chi connectivity index (χ1n) is 4.50. The molecule has 6 heteroatoms. The molecule has 0 bridgehead atoms. The van der Waals surface area contributed by atoms with E-state index >= 15 is 0 Å². The predicted octanol–water partition coefficient (Wildman–Crippen LogP) is 1.81. The van der Waals surface area contributed by atoms with Gasteiger partial charge >= 0.3 is 6.18 Å². The van der Waals surface area contributed by atoms with E-state index in [0.29, 0.717) is 6.42 Å². The van der Waals surface area contributed by atoms with Crippen LogP contribution in [-0.2, 0) is 10.8 Å². The summed E-state index contributed by atoms with van der Waals surface area (Å²) in [4.78, 5) is 0. The lowest BCUT2D eigenvalue weighted by molar-refractivity contribution is -0.130. The van der Waals surface area contributed by atoms with Crippen LogP contribution in [0.3, 0.4) is 0 Å². The van der Waals surface area contributed by atoms with Crippen LogP contribution in [0.25, 0.3) is 0 Å². The summed E-state index contributed by atoms with van der Waals surface area (Å²) in [6.45, 7) is 3.19. The van der Waals surface area contributed by atoms with Gasteiger partial charge in [0.2, 0.25) is 0 Å². The van der Waals surface area contributed by atoms with Gasteiger partial charge in [-0.15, -0.1) is 0 Å². The monoisotopic (exact) mass is 231 g/mol. The Morgan fingerprint density at radius 3 is 2.21 bits per heavy atom. The van der Waals surface area contributed by atoms with Gasteiger partial charge in [-0.3, -0.25) is 4.21 Å². The van der Waals surface area contributed by atoms with Crippen molar-refractivity contribution in [2.75, 3.05) is 6.54 Å². The predicted molar refractivity (Wildman–Crippen MR) is 51.4 cm³/mol. The fourth-order valence-corrected chi connectivity index (χ4v) is 2.53. The van der Waals surface area contributed by atoms with Crippen molar-refractivity contribution < 1.29 is 17.4 Å². The minimum Gasteiger partial charge on any atom is -0.330 e. The second-order valence-electron chi connectivity index (χ2n) is 3.16. The van der Waals surface area contributed by atoms with Gasteiger partial charge < -0.3 is 5.73 Å². The first-order valence-corrected chi connectivity index (χ1v) is 5.78. The highest BCUT2D eigenvalue weighted by atomic mass is 32.2. The van der Waals surface area contributed by atoms with E-state index in [0.717, 1.165) is 0 Å². The van der Waals surface area contributed by atoms with E-state index in [-0.39, 0.29) is 13.0 Å². The van der Waals surface area contributed by atoms with Gasteiger partial charge in [0.05, 0.1) is 0 Å². The molecule has 14 heavy (non-hydrogen) atoms. The van der Waals surface area contributed by atoms with E-state index in [1.807, 2.05) is 0 Å². The number of alkyl halides is 3. The lowest BCUT2D eigenvalue weighted by Gasteiger charge is -2.22. The highest BCUT2D eigenvalue weighted by Gasteiger charge is 2.44. The molecule has 0 radical (unpaired) electrons. The largest absolute Gasteiger partial charge is 0.403 e. The quantitative estimate of drug-likeness (QED) is 0.784. The van der Waals surface area contributed by atoms with Crippen molar-refractivity contribution in [2.24, 2.45) is 5.73 Å². The van der Waals surface area contributed by atoms with Gasteiger partial charge in [0.25, 0.3) is 0 Å². The van der Waals surface area contributed by atoms with Crippen molar-refractivity contribution in [1.82, 2.24) is 0 Å². The van der Waals surface area contributed by atoms with Gasteiger partial charge in [-0.25, -0.2) is 0 Å². The second kappa shape index (κ2) is 5.70. The Bertz CT molecular complexity index is 196. The fourth-order valence-electron chi connectivity index (χ4n) is 1.01. The third kappa shape index (κ3) is 3.96. The van der Waals surface area contributed by atoms with Crippen molar-refractivity contribution in [3.63, 3.8) is 0 Å². The van der Waals surface area contributed by atoms with Crippen LogP contribution in [0.5, 0.6) is 0 Å². The number of hydrogen-bond donors (Lipinski definition) is 1.